The van der Waals surface area contributed by atoms with Gasteiger partial charge in [0.2, 0.25) is 5.91 Å². The molecular weight excluding hydrogens is 380 g/mol. The number of rotatable bonds is 7. The van der Waals surface area contributed by atoms with E-state index in [1.165, 1.54) is 0 Å². The molecule has 1 aliphatic rings. The maximum absolute atomic E-state index is 13.6. The molecule has 1 N–H and O–H groups in total. The van der Waals surface area contributed by atoms with Gasteiger partial charge in [0.1, 0.15) is 0 Å². The van der Waals surface area contributed by atoms with Crippen molar-refractivity contribution in [2.24, 2.45) is 0 Å². The molecule has 0 aromatic heterocycles. The highest BCUT2D eigenvalue weighted by Crippen LogP contribution is 2.38. The molecule has 0 aliphatic carbocycles. The topological polar surface area (TPSA) is 32.3 Å². The zero-order chi connectivity index (χ0) is 21.5. The van der Waals surface area contributed by atoms with Crippen LogP contribution in [0.3, 0.4) is 0 Å². The van der Waals surface area contributed by atoms with Crippen LogP contribution in [0.15, 0.2) is 91.0 Å². The monoisotopic (exact) mass is 412 g/mol. The van der Waals surface area contributed by atoms with Crippen LogP contribution in [0, 0.1) is 0 Å². The fourth-order valence-electron chi connectivity index (χ4n) is 4.81. The summed E-state index contributed by atoms with van der Waals surface area (Å²) in [6, 6.07) is 31.4. The van der Waals surface area contributed by atoms with Gasteiger partial charge in [0.05, 0.1) is 11.6 Å². The Bertz CT molecular complexity index is 859. The van der Waals surface area contributed by atoms with Crippen molar-refractivity contribution in [2.45, 2.75) is 44.2 Å². The smallest absolute Gasteiger partial charge is 0.239 e. The first kappa shape index (κ1) is 21.3. The van der Waals surface area contributed by atoms with Crippen LogP contribution in [0.1, 0.15) is 49.3 Å². The SMILES string of the molecule is CCCN1CCCCC(NC(c2ccccc2)(c2ccccc2)c2ccccc2)C1=O. The molecule has 0 radical (unpaired) electrons. The predicted molar refractivity (Wildman–Crippen MR) is 127 cm³/mol. The second-order valence-corrected chi connectivity index (χ2v) is 8.37. The predicted octanol–water partition coefficient (Wildman–Crippen LogP) is 5.36. The lowest BCUT2D eigenvalue weighted by atomic mass is 9.76. The summed E-state index contributed by atoms with van der Waals surface area (Å²) in [5, 5.41) is 3.91. The summed E-state index contributed by atoms with van der Waals surface area (Å²) in [6.07, 6.45) is 3.96. The molecule has 3 nitrogen and oxygen atoms in total. The van der Waals surface area contributed by atoms with Crippen LogP contribution < -0.4 is 5.32 Å². The largest absolute Gasteiger partial charge is 0.341 e. The van der Waals surface area contributed by atoms with E-state index in [4.69, 9.17) is 0 Å². The Morgan fingerprint density at radius 2 is 1.29 bits per heavy atom. The van der Waals surface area contributed by atoms with Crippen LogP contribution in [-0.2, 0) is 10.3 Å². The Morgan fingerprint density at radius 3 is 1.74 bits per heavy atom. The van der Waals surface area contributed by atoms with Gasteiger partial charge in [-0.3, -0.25) is 10.1 Å². The van der Waals surface area contributed by atoms with E-state index in [1.807, 2.05) is 18.2 Å². The molecule has 31 heavy (non-hydrogen) atoms. The lowest BCUT2D eigenvalue weighted by Crippen LogP contribution is -2.55. The van der Waals surface area contributed by atoms with Gasteiger partial charge in [-0.15, -0.1) is 0 Å². The third kappa shape index (κ3) is 4.42. The fraction of sp³-hybridized carbons (Fsp3) is 0.321. The van der Waals surface area contributed by atoms with E-state index in [9.17, 15) is 4.79 Å². The lowest BCUT2D eigenvalue weighted by Gasteiger charge is -2.40. The summed E-state index contributed by atoms with van der Waals surface area (Å²) >= 11 is 0. The number of benzene rings is 3. The van der Waals surface area contributed by atoms with Gasteiger partial charge in [-0.1, -0.05) is 97.9 Å². The Labute approximate surface area is 186 Å². The number of nitrogens with zero attached hydrogens (tertiary/aromatic N) is 1. The van der Waals surface area contributed by atoms with Crippen LogP contribution in [0.2, 0.25) is 0 Å². The van der Waals surface area contributed by atoms with Crippen LogP contribution in [0.25, 0.3) is 0 Å². The number of carbonyl (C=O) groups is 1. The second-order valence-electron chi connectivity index (χ2n) is 8.37. The van der Waals surface area contributed by atoms with Gasteiger partial charge in [-0.05, 0) is 42.4 Å². The highest BCUT2D eigenvalue weighted by molar-refractivity contribution is 5.82. The minimum absolute atomic E-state index is 0.227. The molecule has 1 atom stereocenters. The van der Waals surface area contributed by atoms with Gasteiger partial charge in [0.25, 0.3) is 0 Å². The second kappa shape index (κ2) is 9.93. The van der Waals surface area contributed by atoms with E-state index in [1.54, 1.807) is 0 Å². The molecule has 0 spiro atoms. The average Bonchev–Trinajstić information content (AvgIpc) is 3.00. The number of hydrogen-bond donors (Lipinski definition) is 1. The van der Waals surface area contributed by atoms with E-state index in [0.29, 0.717) is 0 Å². The molecule has 3 heteroatoms. The van der Waals surface area contributed by atoms with Crippen LogP contribution in [0.4, 0.5) is 0 Å². The number of likely N-dealkylation sites (tertiary alicyclic amines) is 1. The van der Waals surface area contributed by atoms with E-state index in [-0.39, 0.29) is 11.9 Å². The number of nitrogens with one attached hydrogen (secondary N) is 1. The molecule has 3 aromatic rings. The van der Waals surface area contributed by atoms with Crippen molar-refractivity contribution in [3.05, 3.63) is 108 Å². The maximum Gasteiger partial charge on any atom is 0.239 e. The van der Waals surface area contributed by atoms with Crippen molar-refractivity contribution in [1.82, 2.24) is 10.2 Å². The van der Waals surface area contributed by atoms with Crippen LogP contribution in [-0.4, -0.2) is 29.9 Å². The minimum Gasteiger partial charge on any atom is -0.341 e. The molecule has 1 aliphatic heterocycles. The highest BCUT2D eigenvalue weighted by Gasteiger charge is 2.40. The minimum atomic E-state index is -0.605. The Hall–Kier alpha value is -2.91. The molecule has 1 fully saturated rings. The lowest BCUT2D eigenvalue weighted by molar-refractivity contribution is -0.133. The number of amides is 1. The van der Waals surface area contributed by atoms with Gasteiger partial charge >= 0.3 is 0 Å². The maximum atomic E-state index is 13.6. The molecule has 1 heterocycles. The summed E-state index contributed by atoms with van der Waals surface area (Å²) in [5.41, 5.74) is 2.83. The molecule has 1 amide bonds. The first-order chi connectivity index (χ1) is 15.3. The van der Waals surface area contributed by atoms with E-state index in [2.05, 4.69) is 89.9 Å². The summed E-state index contributed by atoms with van der Waals surface area (Å²) in [7, 11) is 0. The molecule has 4 rings (SSSR count). The average molecular weight is 413 g/mol. The molecule has 3 aromatic carbocycles. The van der Waals surface area contributed by atoms with Gasteiger partial charge in [-0.25, -0.2) is 0 Å². The van der Waals surface area contributed by atoms with Gasteiger partial charge in [0.15, 0.2) is 0 Å². The van der Waals surface area contributed by atoms with Crippen molar-refractivity contribution in [3.63, 3.8) is 0 Å². The Kier molecular flexibility index (Phi) is 6.83. The number of hydrogen-bond acceptors (Lipinski definition) is 2. The van der Waals surface area contributed by atoms with E-state index >= 15 is 0 Å². The zero-order valence-electron chi connectivity index (χ0n) is 18.3. The molecule has 1 unspecified atom stereocenters. The van der Waals surface area contributed by atoms with E-state index in [0.717, 1.165) is 55.5 Å². The third-order valence-electron chi connectivity index (χ3n) is 6.29. The summed E-state index contributed by atoms with van der Waals surface area (Å²) in [6.45, 7) is 3.83. The molecule has 1 saturated heterocycles. The molecular formula is C28H32N2O. The summed E-state index contributed by atoms with van der Waals surface area (Å²) in [4.78, 5) is 15.6. The van der Waals surface area contributed by atoms with Crippen molar-refractivity contribution in [3.8, 4) is 0 Å². The number of carbonyl (C=O) groups excluding carboxylic acids is 1. The standard InChI is InChI=1S/C28H32N2O/c1-2-21-30-22-13-12-20-26(27(30)31)29-28(23-14-6-3-7-15-23,24-16-8-4-9-17-24)25-18-10-5-11-19-25/h3-11,14-19,26,29H,2,12-13,20-22H2,1H3. The van der Waals surface area contributed by atoms with Crippen LogP contribution in [0.5, 0.6) is 0 Å². The van der Waals surface area contributed by atoms with Gasteiger partial charge in [0, 0.05) is 13.1 Å². The zero-order valence-corrected chi connectivity index (χ0v) is 18.3. The molecule has 0 bridgehead atoms. The fourth-order valence-corrected chi connectivity index (χ4v) is 4.81. The van der Waals surface area contributed by atoms with Crippen molar-refractivity contribution >= 4 is 5.91 Å². The first-order valence-corrected chi connectivity index (χ1v) is 11.5. The normalized spacial score (nSPS) is 17.4. The Balaban J connectivity index is 1.87. The van der Waals surface area contributed by atoms with Crippen molar-refractivity contribution < 1.29 is 4.79 Å². The Morgan fingerprint density at radius 1 is 0.806 bits per heavy atom. The molecule has 160 valence electrons. The highest BCUT2D eigenvalue weighted by atomic mass is 16.2. The van der Waals surface area contributed by atoms with Crippen molar-refractivity contribution in [1.29, 1.82) is 0 Å². The van der Waals surface area contributed by atoms with Gasteiger partial charge in [-0.2, -0.15) is 0 Å². The first-order valence-electron chi connectivity index (χ1n) is 11.5. The van der Waals surface area contributed by atoms with Crippen molar-refractivity contribution in [2.75, 3.05) is 13.1 Å². The van der Waals surface area contributed by atoms with Crippen LogP contribution >= 0.6 is 0 Å². The van der Waals surface area contributed by atoms with Gasteiger partial charge < -0.3 is 4.90 Å². The summed E-state index contributed by atoms with van der Waals surface area (Å²) < 4.78 is 0. The quantitative estimate of drug-likeness (QED) is 0.530. The third-order valence-corrected chi connectivity index (χ3v) is 6.29. The molecule has 0 saturated carbocycles. The van der Waals surface area contributed by atoms with E-state index < -0.39 is 5.54 Å². The summed E-state index contributed by atoms with van der Waals surface area (Å²) in [5.74, 6) is 0.228.